The van der Waals surface area contributed by atoms with Crippen LogP contribution in [0.25, 0.3) is 22.3 Å². The second kappa shape index (κ2) is 6.76. The number of fused-ring (bicyclic) bond motifs is 1. The molecule has 0 aromatic carbocycles. The summed E-state index contributed by atoms with van der Waals surface area (Å²) in [6.45, 7) is 0. The molecule has 4 rings (SSSR count). The molecule has 4 heterocycles. The molecular weight excluding hydrogens is 346 g/mol. The fourth-order valence-electron chi connectivity index (χ4n) is 2.80. The van der Waals surface area contributed by atoms with Crippen molar-refractivity contribution in [3.05, 3.63) is 42.0 Å². The van der Waals surface area contributed by atoms with Gasteiger partial charge in [0.25, 0.3) is 0 Å². The molecule has 1 aliphatic heterocycles. The zero-order valence-corrected chi connectivity index (χ0v) is 14.2. The predicted octanol–water partition coefficient (Wildman–Crippen LogP) is 2.80. The average Bonchev–Trinajstić information content (AvgIpc) is 3.35. The maximum Gasteiger partial charge on any atom is 0.141 e. The molecule has 3 aromatic rings. The third-order valence-electron chi connectivity index (χ3n) is 4.01. The first-order valence-electron chi connectivity index (χ1n) is 7.77. The van der Waals surface area contributed by atoms with Gasteiger partial charge in [-0.2, -0.15) is 15.6 Å². The fraction of sp³-hybridized carbons (Fsp3) is 0.167. The zero-order valence-electron chi connectivity index (χ0n) is 13.4. The Balaban J connectivity index is 1.69. The van der Waals surface area contributed by atoms with Gasteiger partial charge in [0, 0.05) is 29.4 Å². The molecule has 0 aliphatic carbocycles. The van der Waals surface area contributed by atoms with E-state index >= 15 is 0 Å². The van der Waals surface area contributed by atoms with E-state index in [9.17, 15) is 5.26 Å². The molecule has 8 heteroatoms. The molecule has 0 spiro atoms. The normalized spacial score (nSPS) is 16.8. The van der Waals surface area contributed by atoms with Gasteiger partial charge in [-0.05, 0) is 6.07 Å². The van der Waals surface area contributed by atoms with Crippen molar-refractivity contribution in [2.24, 2.45) is 0 Å². The predicted molar refractivity (Wildman–Crippen MR) is 97.2 cm³/mol. The molecule has 1 aliphatic rings. The lowest BCUT2D eigenvalue weighted by Gasteiger charge is -2.21. The summed E-state index contributed by atoms with van der Waals surface area (Å²) in [6.07, 6.45) is 8.75. The molecule has 3 aromatic heterocycles. The minimum absolute atomic E-state index is 0.209. The number of nitrogens with zero attached hydrogens (tertiary/aromatic N) is 6. The number of allylic oxidation sites excluding steroid dienone is 2. The largest absolute Gasteiger partial charge is 0.346 e. The van der Waals surface area contributed by atoms with E-state index < -0.39 is 0 Å². The highest BCUT2D eigenvalue weighted by Crippen LogP contribution is 2.34. The van der Waals surface area contributed by atoms with Crippen molar-refractivity contribution in [3.8, 4) is 35.2 Å². The minimum Gasteiger partial charge on any atom is -0.346 e. The molecule has 124 valence electrons. The fourth-order valence-corrected chi connectivity index (χ4v) is 3.76. The molecule has 0 bridgehead atoms. The van der Waals surface area contributed by atoms with Crippen LogP contribution < -0.4 is 0 Å². The second-order valence-electron chi connectivity index (χ2n) is 5.55. The highest BCUT2D eigenvalue weighted by atomic mass is 32.2. The number of rotatable bonds is 4. The minimum atomic E-state index is -0.258. The Morgan fingerprint density at radius 3 is 3.15 bits per heavy atom. The van der Waals surface area contributed by atoms with Crippen LogP contribution in [0.2, 0.25) is 0 Å². The number of hydrogen-bond acceptors (Lipinski definition) is 6. The highest BCUT2D eigenvalue weighted by molar-refractivity contribution is 8.04. The van der Waals surface area contributed by atoms with Crippen LogP contribution in [0.4, 0.5) is 0 Å². The molecule has 0 radical (unpaired) electrons. The van der Waals surface area contributed by atoms with Gasteiger partial charge in [-0.15, -0.1) is 0 Å². The van der Waals surface area contributed by atoms with Gasteiger partial charge >= 0.3 is 0 Å². The van der Waals surface area contributed by atoms with Crippen LogP contribution in [0.1, 0.15) is 12.5 Å². The molecule has 0 saturated heterocycles. The van der Waals surface area contributed by atoms with Gasteiger partial charge < -0.3 is 4.98 Å². The number of nitriles is 2. The number of nitrogens with one attached hydrogen (secondary N) is 1. The van der Waals surface area contributed by atoms with Crippen LogP contribution in [0.15, 0.2) is 42.0 Å². The molecule has 0 amide bonds. The third kappa shape index (κ3) is 2.82. The molecule has 0 fully saturated rings. The van der Waals surface area contributed by atoms with Crippen molar-refractivity contribution < 1.29 is 0 Å². The smallest absolute Gasteiger partial charge is 0.141 e. The van der Waals surface area contributed by atoms with Crippen LogP contribution in [-0.2, 0) is 0 Å². The standard InChI is InChI=1S/C18H11N7S/c19-6-4-15(16-3-1-2-13(8-20)26-16)25-10-12(9-24-25)17-14-5-7-21-18(14)23-11-22-17/h2,5,7,9-11,15-16H,4H2,(H,21,22,23). The van der Waals surface area contributed by atoms with Gasteiger partial charge in [-0.1, -0.05) is 23.6 Å². The summed E-state index contributed by atoms with van der Waals surface area (Å²) in [5.41, 5.74) is 2.37. The van der Waals surface area contributed by atoms with Crippen molar-refractivity contribution in [2.75, 3.05) is 0 Å². The summed E-state index contributed by atoms with van der Waals surface area (Å²) in [4.78, 5) is 12.2. The molecule has 0 saturated carbocycles. The Morgan fingerprint density at radius 2 is 2.31 bits per heavy atom. The van der Waals surface area contributed by atoms with Crippen molar-refractivity contribution in [3.63, 3.8) is 0 Å². The average molecular weight is 357 g/mol. The van der Waals surface area contributed by atoms with Gasteiger partial charge in [0.15, 0.2) is 0 Å². The summed E-state index contributed by atoms with van der Waals surface area (Å²) in [7, 11) is 0. The highest BCUT2D eigenvalue weighted by Gasteiger charge is 2.26. The Morgan fingerprint density at radius 1 is 1.38 bits per heavy atom. The van der Waals surface area contributed by atoms with Gasteiger partial charge in [0.1, 0.15) is 18.0 Å². The Labute approximate surface area is 153 Å². The van der Waals surface area contributed by atoms with Gasteiger partial charge in [-0.25, -0.2) is 9.97 Å². The first kappa shape index (κ1) is 16.0. The molecule has 2 unspecified atom stereocenters. The summed E-state index contributed by atoms with van der Waals surface area (Å²) in [5, 5.41) is 23.5. The van der Waals surface area contributed by atoms with Crippen molar-refractivity contribution in [1.82, 2.24) is 24.7 Å². The summed E-state index contributed by atoms with van der Waals surface area (Å²) in [5.74, 6) is 5.96. The monoisotopic (exact) mass is 357 g/mol. The first-order chi connectivity index (χ1) is 12.8. The zero-order chi connectivity index (χ0) is 17.9. The van der Waals surface area contributed by atoms with E-state index in [-0.39, 0.29) is 17.7 Å². The van der Waals surface area contributed by atoms with E-state index in [1.165, 1.54) is 18.1 Å². The summed E-state index contributed by atoms with van der Waals surface area (Å²) < 4.78 is 1.74. The molecule has 2 atom stereocenters. The molecule has 26 heavy (non-hydrogen) atoms. The lowest BCUT2D eigenvalue weighted by atomic mass is 10.1. The van der Waals surface area contributed by atoms with E-state index in [2.05, 4.69) is 44.0 Å². The SMILES string of the molecule is N#CCC(C1C#CC=C(C#N)S1)n1cc(-c2ncnc3[nH]ccc23)cn1. The van der Waals surface area contributed by atoms with E-state index in [1.807, 2.05) is 18.5 Å². The van der Waals surface area contributed by atoms with Crippen LogP contribution >= 0.6 is 11.8 Å². The topological polar surface area (TPSA) is 107 Å². The lowest BCUT2D eigenvalue weighted by Crippen LogP contribution is -2.21. The van der Waals surface area contributed by atoms with Crippen LogP contribution in [0, 0.1) is 34.5 Å². The number of hydrogen-bond donors (Lipinski definition) is 1. The van der Waals surface area contributed by atoms with E-state index in [0.717, 1.165) is 22.3 Å². The summed E-state index contributed by atoms with van der Waals surface area (Å²) >= 11 is 1.37. The van der Waals surface area contributed by atoms with Gasteiger partial charge in [-0.3, -0.25) is 4.68 Å². The van der Waals surface area contributed by atoms with E-state index in [4.69, 9.17) is 5.26 Å². The van der Waals surface area contributed by atoms with Crippen LogP contribution in [-0.4, -0.2) is 30.0 Å². The number of H-pyrrole nitrogens is 1. The third-order valence-corrected chi connectivity index (χ3v) is 5.16. The summed E-state index contributed by atoms with van der Waals surface area (Å²) in [6, 6.07) is 5.98. The Bertz CT molecular complexity index is 1150. The van der Waals surface area contributed by atoms with E-state index in [1.54, 1.807) is 17.0 Å². The molecule has 1 N–H and O–H groups in total. The van der Waals surface area contributed by atoms with Crippen molar-refractivity contribution in [2.45, 2.75) is 17.7 Å². The van der Waals surface area contributed by atoms with E-state index in [0.29, 0.717) is 4.91 Å². The van der Waals surface area contributed by atoms with Gasteiger partial charge in [0.05, 0.1) is 40.6 Å². The number of thioether (sulfide) groups is 1. The quantitative estimate of drug-likeness (QED) is 0.720. The first-order valence-corrected chi connectivity index (χ1v) is 8.65. The number of aromatic nitrogens is 5. The number of aromatic amines is 1. The van der Waals surface area contributed by atoms with Gasteiger partial charge in [0.2, 0.25) is 0 Å². The van der Waals surface area contributed by atoms with Crippen LogP contribution in [0.3, 0.4) is 0 Å². The maximum absolute atomic E-state index is 9.24. The van der Waals surface area contributed by atoms with Crippen molar-refractivity contribution in [1.29, 1.82) is 10.5 Å². The second-order valence-corrected chi connectivity index (χ2v) is 6.73. The Kier molecular flexibility index (Phi) is 4.15. The molecule has 7 nitrogen and oxygen atoms in total. The lowest BCUT2D eigenvalue weighted by molar-refractivity contribution is 0.480. The molecular formula is C18H11N7S. The maximum atomic E-state index is 9.24. The van der Waals surface area contributed by atoms with Crippen molar-refractivity contribution >= 4 is 22.8 Å². The Hall–Kier alpha value is -3.54. The van der Waals surface area contributed by atoms with Crippen LogP contribution in [0.5, 0.6) is 0 Å².